The molecule has 1 rings (SSSR count). The highest BCUT2D eigenvalue weighted by molar-refractivity contribution is 8.02. The highest BCUT2D eigenvalue weighted by Gasteiger charge is 2.00. The molecule has 0 heterocycles. The van der Waals surface area contributed by atoms with E-state index in [-0.39, 0.29) is 5.78 Å². The van der Waals surface area contributed by atoms with Crippen molar-refractivity contribution in [2.45, 2.75) is 18.7 Å². The fraction of sp³-hybridized carbons (Fsp3) is 0.417. The molecule has 0 saturated heterocycles. The van der Waals surface area contributed by atoms with Crippen LogP contribution >= 0.6 is 23.5 Å². The molecular formula is C12H16OS2. The Morgan fingerprint density at radius 2 is 2.13 bits per heavy atom. The average molecular weight is 240 g/mol. The van der Waals surface area contributed by atoms with Crippen molar-refractivity contribution >= 4 is 29.3 Å². The molecule has 0 bridgehead atoms. The van der Waals surface area contributed by atoms with E-state index < -0.39 is 0 Å². The van der Waals surface area contributed by atoms with Crippen molar-refractivity contribution < 1.29 is 4.79 Å². The third-order valence-corrected chi connectivity index (χ3v) is 4.10. The molecule has 0 radical (unpaired) electrons. The molecule has 0 atom stereocenters. The van der Waals surface area contributed by atoms with Gasteiger partial charge < -0.3 is 0 Å². The first-order valence-electron chi connectivity index (χ1n) is 5.05. The van der Waals surface area contributed by atoms with E-state index in [1.165, 1.54) is 16.4 Å². The van der Waals surface area contributed by atoms with Crippen LogP contribution in [0.25, 0.3) is 0 Å². The number of hydrogen-bond acceptors (Lipinski definition) is 3. The van der Waals surface area contributed by atoms with Gasteiger partial charge in [-0.1, -0.05) is 19.1 Å². The zero-order valence-corrected chi connectivity index (χ0v) is 10.8. The van der Waals surface area contributed by atoms with Gasteiger partial charge in [-0.25, -0.2) is 0 Å². The highest BCUT2D eigenvalue weighted by Crippen LogP contribution is 2.20. The van der Waals surface area contributed by atoms with Crippen LogP contribution in [0, 0.1) is 0 Å². The Hall–Kier alpha value is -0.410. The molecule has 1 nitrogen and oxygen atoms in total. The first kappa shape index (κ1) is 12.7. The molecule has 15 heavy (non-hydrogen) atoms. The number of rotatable bonds is 6. The summed E-state index contributed by atoms with van der Waals surface area (Å²) < 4.78 is 0. The van der Waals surface area contributed by atoms with E-state index in [0.29, 0.717) is 0 Å². The second-order valence-corrected chi connectivity index (χ2v) is 5.69. The van der Waals surface area contributed by atoms with E-state index in [0.717, 1.165) is 11.3 Å². The number of carbonyl (C=O) groups excluding carboxylic acids is 1. The zero-order valence-electron chi connectivity index (χ0n) is 9.16. The standard InChI is InChI=1S/C12H16OS2/c1-3-14-7-8-15-12-6-4-5-11(9-12)10(2)13/h4-6,9H,3,7-8H2,1-2H3. The fourth-order valence-electron chi connectivity index (χ4n) is 1.17. The number of ketones is 1. The maximum Gasteiger partial charge on any atom is 0.159 e. The van der Waals surface area contributed by atoms with Gasteiger partial charge in [0.05, 0.1) is 0 Å². The molecule has 0 fully saturated rings. The van der Waals surface area contributed by atoms with Crippen molar-refractivity contribution in [1.29, 1.82) is 0 Å². The van der Waals surface area contributed by atoms with E-state index >= 15 is 0 Å². The van der Waals surface area contributed by atoms with Gasteiger partial charge in [0.2, 0.25) is 0 Å². The molecule has 0 aromatic heterocycles. The molecule has 0 spiro atoms. The van der Waals surface area contributed by atoms with Crippen LogP contribution in [0.4, 0.5) is 0 Å². The van der Waals surface area contributed by atoms with Crippen LogP contribution in [0.15, 0.2) is 29.2 Å². The SMILES string of the molecule is CCSCCSc1cccc(C(C)=O)c1. The molecule has 0 aliphatic heterocycles. The topological polar surface area (TPSA) is 17.1 Å². The molecule has 0 N–H and O–H groups in total. The third-order valence-electron chi connectivity index (χ3n) is 1.94. The van der Waals surface area contributed by atoms with E-state index in [1.807, 2.05) is 41.7 Å². The summed E-state index contributed by atoms with van der Waals surface area (Å²) in [6, 6.07) is 7.86. The predicted octanol–water partition coefficient (Wildman–Crippen LogP) is 3.73. The van der Waals surface area contributed by atoms with E-state index in [1.54, 1.807) is 6.92 Å². The first-order chi connectivity index (χ1) is 7.24. The number of Topliss-reactive ketones (excluding diaryl/α,β-unsaturated/α-hetero) is 1. The number of benzene rings is 1. The number of carbonyl (C=O) groups is 1. The Morgan fingerprint density at radius 3 is 2.80 bits per heavy atom. The summed E-state index contributed by atoms with van der Waals surface area (Å²) in [4.78, 5) is 12.4. The third kappa shape index (κ3) is 4.76. The Kier molecular flexibility index (Phi) is 5.88. The van der Waals surface area contributed by atoms with Gasteiger partial charge in [0.25, 0.3) is 0 Å². The molecule has 0 aliphatic rings. The molecule has 82 valence electrons. The average Bonchev–Trinajstić information content (AvgIpc) is 2.25. The van der Waals surface area contributed by atoms with Crippen LogP contribution < -0.4 is 0 Å². The van der Waals surface area contributed by atoms with Crippen molar-refractivity contribution in [2.24, 2.45) is 0 Å². The van der Waals surface area contributed by atoms with Crippen LogP contribution in [0.3, 0.4) is 0 Å². The zero-order chi connectivity index (χ0) is 11.1. The van der Waals surface area contributed by atoms with Crippen molar-refractivity contribution in [2.75, 3.05) is 17.3 Å². The van der Waals surface area contributed by atoms with Crippen LogP contribution in [0.1, 0.15) is 24.2 Å². The lowest BCUT2D eigenvalue weighted by molar-refractivity contribution is 0.101. The van der Waals surface area contributed by atoms with Gasteiger partial charge >= 0.3 is 0 Å². The van der Waals surface area contributed by atoms with Gasteiger partial charge in [0, 0.05) is 22.0 Å². The highest BCUT2D eigenvalue weighted by atomic mass is 32.2. The lowest BCUT2D eigenvalue weighted by Crippen LogP contribution is -1.92. The summed E-state index contributed by atoms with van der Waals surface area (Å²) in [7, 11) is 0. The summed E-state index contributed by atoms with van der Waals surface area (Å²) in [6.07, 6.45) is 0. The molecule has 0 amide bonds. The molecule has 0 saturated carbocycles. The van der Waals surface area contributed by atoms with Crippen molar-refractivity contribution in [1.82, 2.24) is 0 Å². The normalized spacial score (nSPS) is 10.3. The quantitative estimate of drug-likeness (QED) is 0.428. The smallest absolute Gasteiger partial charge is 0.159 e. The minimum Gasteiger partial charge on any atom is -0.295 e. The molecule has 0 unspecified atom stereocenters. The second-order valence-electron chi connectivity index (χ2n) is 3.13. The summed E-state index contributed by atoms with van der Waals surface area (Å²) in [5.74, 6) is 3.60. The summed E-state index contributed by atoms with van der Waals surface area (Å²) >= 11 is 3.77. The fourth-order valence-corrected chi connectivity index (χ4v) is 2.88. The largest absolute Gasteiger partial charge is 0.295 e. The van der Waals surface area contributed by atoms with Gasteiger partial charge in [0.1, 0.15) is 0 Å². The minimum atomic E-state index is 0.139. The van der Waals surface area contributed by atoms with Crippen LogP contribution in [0.5, 0.6) is 0 Å². The van der Waals surface area contributed by atoms with Gasteiger partial charge in [-0.15, -0.1) is 11.8 Å². The van der Waals surface area contributed by atoms with Crippen LogP contribution in [-0.4, -0.2) is 23.0 Å². The Labute approximate surface area is 100 Å². The van der Waals surface area contributed by atoms with Gasteiger partial charge in [-0.2, -0.15) is 11.8 Å². The Morgan fingerprint density at radius 1 is 1.33 bits per heavy atom. The van der Waals surface area contributed by atoms with E-state index in [4.69, 9.17) is 0 Å². The van der Waals surface area contributed by atoms with Gasteiger partial charge in [-0.3, -0.25) is 4.79 Å². The van der Waals surface area contributed by atoms with Crippen molar-refractivity contribution in [3.8, 4) is 0 Å². The molecular weight excluding hydrogens is 224 g/mol. The molecule has 3 heteroatoms. The summed E-state index contributed by atoms with van der Waals surface area (Å²) in [5, 5.41) is 0. The lowest BCUT2D eigenvalue weighted by Gasteiger charge is -2.02. The van der Waals surface area contributed by atoms with Crippen LogP contribution in [-0.2, 0) is 0 Å². The van der Waals surface area contributed by atoms with Crippen LogP contribution in [0.2, 0.25) is 0 Å². The maximum absolute atomic E-state index is 11.2. The van der Waals surface area contributed by atoms with Gasteiger partial charge in [-0.05, 0) is 24.8 Å². The Bertz CT molecular complexity index is 323. The van der Waals surface area contributed by atoms with Crippen molar-refractivity contribution in [3.63, 3.8) is 0 Å². The first-order valence-corrected chi connectivity index (χ1v) is 7.19. The second kappa shape index (κ2) is 6.96. The summed E-state index contributed by atoms with van der Waals surface area (Å²) in [6.45, 7) is 3.78. The number of hydrogen-bond donors (Lipinski definition) is 0. The lowest BCUT2D eigenvalue weighted by atomic mass is 10.2. The monoisotopic (exact) mass is 240 g/mol. The van der Waals surface area contributed by atoms with E-state index in [2.05, 4.69) is 13.0 Å². The number of thioether (sulfide) groups is 2. The maximum atomic E-state index is 11.2. The van der Waals surface area contributed by atoms with E-state index in [9.17, 15) is 4.79 Å². The molecule has 0 aliphatic carbocycles. The molecule has 1 aromatic carbocycles. The predicted molar refractivity (Wildman–Crippen MR) is 70.2 cm³/mol. The van der Waals surface area contributed by atoms with Gasteiger partial charge in [0.15, 0.2) is 5.78 Å². The van der Waals surface area contributed by atoms with Crippen molar-refractivity contribution in [3.05, 3.63) is 29.8 Å². The molecule has 1 aromatic rings. The minimum absolute atomic E-state index is 0.139. The summed E-state index contributed by atoms with van der Waals surface area (Å²) in [5.41, 5.74) is 0.808. The Balaban J connectivity index is 2.47.